The van der Waals surface area contributed by atoms with Gasteiger partial charge in [-0.1, -0.05) is 72.0 Å². The number of carbonyl (C=O) groups excluding carboxylic acids is 1. The molecule has 0 spiro atoms. The van der Waals surface area contributed by atoms with Crippen LogP contribution in [0.1, 0.15) is 36.6 Å². The third-order valence-corrected chi connectivity index (χ3v) is 8.19. The number of thiazole rings is 1. The van der Waals surface area contributed by atoms with Crippen LogP contribution >= 0.6 is 33.9 Å². The summed E-state index contributed by atoms with van der Waals surface area (Å²) in [6, 6.07) is 22.6. The summed E-state index contributed by atoms with van der Waals surface area (Å²) in [5.74, 6) is 0.742. The van der Waals surface area contributed by atoms with Gasteiger partial charge in [-0.2, -0.15) is 0 Å². The maximum Gasteiger partial charge on any atom is 0.338 e. The summed E-state index contributed by atoms with van der Waals surface area (Å²) in [6.45, 7) is 4.18. The van der Waals surface area contributed by atoms with Crippen molar-refractivity contribution in [3.8, 4) is 11.5 Å². The Morgan fingerprint density at radius 1 is 1.10 bits per heavy atom. The predicted octanol–water partition coefficient (Wildman–Crippen LogP) is 4.99. The van der Waals surface area contributed by atoms with Gasteiger partial charge in [-0.05, 0) is 71.3 Å². The van der Waals surface area contributed by atoms with E-state index in [-0.39, 0.29) is 12.2 Å². The lowest BCUT2D eigenvalue weighted by Crippen LogP contribution is -2.39. The normalized spacial score (nSPS) is 14.9. The van der Waals surface area contributed by atoms with Crippen molar-refractivity contribution in [3.63, 3.8) is 0 Å². The maximum atomic E-state index is 13.8. The lowest BCUT2D eigenvalue weighted by molar-refractivity contribution is -0.139. The number of halogens is 1. The van der Waals surface area contributed by atoms with Gasteiger partial charge in [-0.25, -0.2) is 9.79 Å². The first kappa shape index (κ1) is 27.9. The Bertz CT molecular complexity index is 1760. The van der Waals surface area contributed by atoms with E-state index in [1.165, 1.54) is 11.3 Å². The van der Waals surface area contributed by atoms with Crippen LogP contribution in [0.25, 0.3) is 6.08 Å². The highest BCUT2D eigenvalue weighted by molar-refractivity contribution is 14.1. The van der Waals surface area contributed by atoms with Crippen LogP contribution in [0, 0.1) is 3.57 Å². The summed E-state index contributed by atoms with van der Waals surface area (Å²) in [5.41, 5.74) is 3.32. The molecule has 0 N–H and O–H groups in total. The number of rotatable bonds is 8. The SMILES string of the molecule is CCOC(=O)C1=C(C)N=c2sc(=Cc3cc(I)c(OCc4ccccc4)c(OC)c3)c(=O)n2C1c1ccccc1. The third-order valence-electron chi connectivity index (χ3n) is 6.41. The van der Waals surface area contributed by atoms with Crippen molar-refractivity contribution in [1.29, 1.82) is 0 Å². The van der Waals surface area contributed by atoms with E-state index >= 15 is 0 Å². The fourth-order valence-electron chi connectivity index (χ4n) is 4.59. The Balaban J connectivity index is 1.58. The molecule has 0 saturated heterocycles. The molecule has 0 amide bonds. The standard InChI is InChI=1S/C31H27IN2O5S/c1-4-38-30(36)26-19(2)33-31-34(27(26)22-13-9-6-10-14-22)29(35)25(40-31)17-21-15-23(32)28(24(16-21)37-3)39-18-20-11-7-5-8-12-20/h5-17,27H,4,18H2,1-3H3. The number of esters is 1. The Morgan fingerprint density at radius 2 is 1.80 bits per heavy atom. The Morgan fingerprint density at radius 3 is 2.48 bits per heavy atom. The molecule has 0 radical (unpaired) electrons. The molecule has 4 aromatic rings. The smallest absolute Gasteiger partial charge is 0.338 e. The molecule has 3 aromatic carbocycles. The summed E-state index contributed by atoms with van der Waals surface area (Å²) in [7, 11) is 1.60. The molecular formula is C31H27IN2O5S. The van der Waals surface area contributed by atoms with E-state index in [9.17, 15) is 9.59 Å². The second-order valence-corrected chi connectivity index (χ2v) is 11.2. The van der Waals surface area contributed by atoms with Crippen LogP contribution in [-0.4, -0.2) is 24.3 Å². The number of carbonyl (C=O) groups is 1. The largest absolute Gasteiger partial charge is 0.493 e. The van der Waals surface area contributed by atoms with E-state index in [0.717, 1.165) is 20.3 Å². The van der Waals surface area contributed by atoms with E-state index in [0.29, 0.717) is 38.7 Å². The summed E-state index contributed by atoms with van der Waals surface area (Å²) in [6.07, 6.45) is 1.82. The molecule has 1 aromatic heterocycles. The van der Waals surface area contributed by atoms with Crippen LogP contribution in [-0.2, 0) is 16.1 Å². The number of benzene rings is 3. The molecule has 1 atom stereocenters. The topological polar surface area (TPSA) is 79.1 Å². The Labute approximate surface area is 249 Å². The third kappa shape index (κ3) is 5.62. The van der Waals surface area contributed by atoms with Crippen LogP contribution in [0.2, 0.25) is 0 Å². The average Bonchev–Trinajstić information content (AvgIpc) is 3.26. The molecule has 204 valence electrons. The predicted molar refractivity (Wildman–Crippen MR) is 163 cm³/mol. The van der Waals surface area contributed by atoms with E-state index in [1.54, 1.807) is 25.5 Å². The molecule has 1 aliphatic rings. The molecule has 40 heavy (non-hydrogen) atoms. The van der Waals surface area contributed by atoms with Crippen molar-refractivity contribution in [1.82, 2.24) is 4.57 Å². The van der Waals surface area contributed by atoms with E-state index in [1.807, 2.05) is 78.9 Å². The van der Waals surface area contributed by atoms with Crippen LogP contribution in [0.4, 0.5) is 0 Å². The van der Waals surface area contributed by atoms with Gasteiger partial charge >= 0.3 is 5.97 Å². The lowest BCUT2D eigenvalue weighted by Gasteiger charge is -2.24. The molecule has 5 rings (SSSR count). The van der Waals surface area contributed by atoms with E-state index < -0.39 is 12.0 Å². The van der Waals surface area contributed by atoms with Crippen molar-refractivity contribution in [3.05, 3.63) is 124 Å². The summed E-state index contributed by atoms with van der Waals surface area (Å²) in [5, 5.41) is 0. The quantitative estimate of drug-likeness (QED) is 0.196. The first-order valence-electron chi connectivity index (χ1n) is 12.7. The number of ether oxygens (including phenoxy) is 3. The number of hydrogen-bond donors (Lipinski definition) is 0. The van der Waals surface area contributed by atoms with Crippen molar-refractivity contribution in [2.45, 2.75) is 26.5 Å². The minimum atomic E-state index is -0.637. The number of fused-ring (bicyclic) bond motifs is 1. The second-order valence-electron chi connectivity index (χ2n) is 9.02. The first-order chi connectivity index (χ1) is 19.4. The molecular weight excluding hydrogens is 639 g/mol. The van der Waals surface area contributed by atoms with Crippen LogP contribution < -0.4 is 24.4 Å². The van der Waals surface area contributed by atoms with Gasteiger partial charge in [0.05, 0.1) is 39.1 Å². The highest BCUT2D eigenvalue weighted by Crippen LogP contribution is 2.35. The molecule has 0 fully saturated rings. The summed E-state index contributed by atoms with van der Waals surface area (Å²) in [4.78, 5) is 32.0. The summed E-state index contributed by atoms with van der Waals surface area (Å²) >= 11 is 3.50. The zero-order chi connectivity index (χ0) is 28.2. The molecule has 0 aliphatic carbocycles. The fraction of sp³-hybridized carbons (Fsp3) is 0.194. The van der Waals surface area contributed by atoms with Crippen molar-refractivity contribution in [2.75, 3.05) is 13.7 Å². The highest BCUT2D eigenvalue weighted by Gasteiger charge is 2.33. The first-order valence-corrected chi connectivity index (χ1v) is 14.6. The lowest BCUT2D eigenvalue weighted by atomic mass is 9.96. The monoisotopic (exact) mass is 666 g/mol. The van der Waals surface area contributed by atoms with Crippen LogP contribution in [0.5, 0.6) is 11.5 Å². The molecule has 0 bridgehead atoms. The van der Waals surface area contributed by atoms with E-state index in [4.69, 9.17) is 14.2 Å². The molecule has 1 unspecified atom stereocenters. The van der Waals surface area contributed by atoms with Gasteiger partial charge in [0.15, 0.2) is 16.3 Å². The second kappa shape index (κ2) is 12.2. The van der Waals surface area contributed by atoms with Gasteiger partial charge < -0.3 is 14.2 Å². The zero-order valence-corrected chi connectivity index (χ0v) is 25.2. The number of allylic oxidation sites excluding steroid dienone is 1. The summed E-state index contributed by atoms with van der Waals surface area (Å²) < 4.78 is 20.0. The molecule has 7 nitrogen and oxygen atoms in total. The molecule has 2 heterocycles. The molecule has 0 saturated carbocycles. The van der Waals surface area contributed by atoms with Gasteiger partial charge in [0.2, 0.25) is 0 Å². The van der Waals surface area contributed by atoms with Gasteiger partial charge in [0.25, 0.3) is 5.56 Å². The number of nitrogens with zero attached hydrogens (tertiary/aromatic N) is 2. The van der Waals surface area contributed by atoms with Gasteiger partial charge in [0, 0.05) is 0 Å². The Kier molecular flexibility index (Phi) is 8.51. The van der Waals surface area contributed by atoms with E-state index in [2.05, 4.69) is 27.6 Å². The zero-order valence-electron chi connectivity index (χ0n) is 22.2. The van der Waals surface area contributed by atoms with Crippen molar-refractivity contribution in [2.24, 2.45) is 4.99 Å². The minimum absolute atomic E-state index is 0.229. The fourth-order valence-corrected chi connectivity index (χ4v) is 6.41. The minimum Gasteiger partial charge on any atom is -0.493 e. The average molecular weight is 667 g/mol. The molecule has 1 aliphatic heterocycles. The van der Waals surface area contributed by atoms with Crippen LogP contribution in [0.15, 0.2) is 93.9 Å². The molecule has 9 heteroatoms. The number of aromatic nitrogens is 1. The Hall–Kier alpha value is -3.70. The van der Waals surface area contributed by atoms with Gasteiger partial charge in [-0.3, -0.25) is 9.36 Å². The van der Waals surface area contributed by atoms with Crippen LogP contribution in [0.3, 0.4) is 0 Å². The van der Waals surface area contributed by atoms with Crippen molar-refractivity contribution >= 4 is 46.0 Å². The van der Waals surface area contributed by atoms with Crippen molar-refractivity contribution < 1.29 is 19.0 Å². The highest BCUT2D eigenvalue weighted by atomic mass is 127. The van der Waals surface area contributed by atoms with Gasteiger partial charge in [-0.15, -0.1) is 0 Å². The number of methoxy groups -OCH3 is 1. The maximum absolute atomic E-state index is 13.8. The number of hydrogen-bond acceptors (Lipinski definition) is 7. The van der Waals surface area contributed by atoms with Gasteiger partial charge in [0.1, 0.15) is 6.61 Å².